The second-order valence-electron chi connectivity index (χ2n) is 11.0. The van der Waals surface area contributed by atoms with Crippen LogP contribution in [0.25, 0.3) is 38.8 Å². The van der Waals surface area contributed by atoms with Crippen molar-refractivity contribution in [2.24, 2.45) is 0 Å². The van der Waals surface area contributed by atoms with Gasteiger partial charge in [-0.05, 0) is 90.0 Å². The number of allylic oxidation sites excluding steroid dienone is 1. The van der Waals surface area contributed by atoms with Crippen LogP contribution >= 0.6 is 0 Å². The first-order valence-corrected chi connectivity index (χ1v) is 16.0. The standard InChI is InChI=1S/C15H17NO3.C15H15NO3.C9H7NO.CH4.B/c2*1-2-19-15(18)10-13(17)6-4-11-3-5-12-7-8-16-14(12)9-11;11-6-7-1-2-8-3-4-10-9(8)5-7;;/h3,5,7-9,16H,2,4,6,10H2,1H3;3-9,16H,2,10H2,1H3;1-6,10H;1H4;/b;6-4+;;;. The van der Waals surface area contributed by atoms with Gasteiger partial charge in [-0.25, -0.2) is 0 Å². The predicted molar refractivity (Wildman–Crippen MR) is 203 cm³/mol. The van der Waals surface area contributed by atoms with Gasteiger partial charge < -0.3 is 24.4 Å². The van der Waals surface area contributed by atoms with Gasteiger partial charge in [0.25, 0.3) is 0 Å². The lowest BCUT2D eigenvalue weighted by Crippen LogP contribution is -2.11. The smallest absolute Gasteiger partial charge is 0.313 e. The summed E-state index contributed by atoms with van der Waals surface area (Å²) in [5.74, 6) is -1.26. The second-order valence-corrected chi connectivity index (χ2v) is 11.0. The van der Waals surface area contributed by atoms with Gasteiger partial charge in [0.15, 0.2) is 5.78 Å². The summed E-state index contributed by atoms with van der Waals surface area (Å²) in [4.78, 5) is 65.0. The molecule has 0 spiro atoms. The predicted octanol–water partition coefficient (Wildman–Crippen LogP) is 7.56. The summed E-state index contributed by atoms with van der Waals surface area (Å²) in [5.41, 5.74) is 5.80. The summed E-state index contributed by atoms with van der Waals surface area (Å²) < 4.78 is 9.46. The highest BCUT2D eigenvalue weighted by molar-refractivity contribution is 6.04. The quantitative estimate of drug-likeness (QED) is 0.0395. The number of ketones is 2. The molecule has 0 atom stereocenters. The molecule has 6 rings (SSSR count). The number of aromatic nitrogens is 3. The minimum atomic E-state index is -0.489. The fourth-order valence-electron chi connectivity index (χ4n) is 4.91. The molecule has 11 heteroatoms. The topological polar surface area (TPSA) is 151 Å². The SMILES string of the molecule is C.CCOC(=O)CC(=O)/C=C/c1ccc2cc[nH]c2c1.CCOC(=O)CC(=O)CCc1ccc2cc[nH]c2c1.O=Cc1ccc2cc[nH]c2c1.[B]. The molecule has 3 N–H and O–H groups in total. The number of hydrogen-bond donors (Lipinski definition) is 3. The number of aryl methyl sites for hydroxylation is 1. The summed E-state index contributed by atoms with van der Waals surface area (Å²) >= 11 is 0. The Balaban J connectivity index is 0.000000269. The zero-order valence-electron chi connectivity index (χ0n) is 28.1. The molecule has 0 bridgehead atoms. The fourth-order valence-corrected chi connectivity index (χ4v) is 4.91. The maximum Gasteiger partial charge on any atom is 0.313 e. The number of carbonyl (C=O) groups is 5. The van der Waals surface area contributed by atoms with E-state index in [0.29, 0.717) is 31.6 Å². The Kier molecular flexibility index (Phi) is 17.1. The zero-order chi connectivity index (χ0) is 35.0. The van der Waals surface area contributed by atoms with Gasteiger partial charge in [-0.3, -0.25) is 24.0 Å². The zero-order valence-corrected chi connectivity index (χ0v) is 28.1. The number of carbonyl (C=O) groups excluding carboxylic acids is 5. The first kappa shape index (κ1) is 41.2. The molecule has 0 aliphatic rings. The van der Waals surface area contributed by atoms with Crippen LogP contribution < -0.4 is 0 Å². The van der Waals surface area contributed by atoms with E-state index in [2.05, 4.69) is 15.0 Å². The number of nitrogens with one attached hydrogen (secondary N) is 3. The van der Waals surface area contributed by atoms with E-state index in [1.807, 2.05) is 91.4 Å². The van der Waals surface area contributed by atoms with Crippen molar-refractivity contribution in [2.45, 2.75) is 47.0 Å². The Bertz CT molecular complexity index is 2070. The molecule has 3 radical (unpaired) electrons. The van der Waals surface area contributed by atoms with E-state index < -0.39 is 11.9 Å². The van der Waals surface area contributed by atoms with E-state index in [9.17, 15) is 24.0 Å². The van der Waals surface area contributed by atoms with Crippen LogP contribution in [0.2, 0.25) is 0 Å². The van der Waals surface area contributed by atoms with E-state index in [0.717, 1.165) is 50.1 Å². The maximum absolute atomic E-state index is 11.6. The number of Topliss-reactive ketones (excluding diaryl/α,β-unsaturated/α-hetero) is 1. The molecular weight excluding hydrogens is 645 g/mol. The molecule has 3 heterocycles. The summed E-state index contributed by atoms with van der Waals surface area (Å²) in [5, 5.41) is 3.41. The normalized spacial score (nSPS) is 10.2. The number of benzene rings is 3. The summed E-state index contributed by atoms with van der Waals surface area (Å²) in [7, 11) is 0. The van der Waals surface area contributed by atoms with E-state index in [1.54, 1.807) is 19.9 Å². The molecule has 10 nitrogen and oxygen atoms in total. The third kappa shape index (κ3) is 13.1. The van der Waals surface area contributed by atoms with Crippen LogP contribution in [0.4, 0.5) is 0 Å². The lowest BCUT2D eigenvalue weighted by Gasteiger charge is -2.02. The van der Waals surface area contributed by atoms with E-state index >= 15 is 0 Å². The molecule has 3 aromatic carbocycles. The van der Waals surface area contributed by atoms with Crippen molar-refractivity contribution in [1.82, 2.24) is 15.0 Å². The van der Waals surface area contributed by atoms with Gasteiger partial charge in [0.1, 0.15) is 24.9 Å². The maximum atomic E-state index is 11.6. The van der Waals surface area contributed by atoms with Crippen LogP contribution in [0, 0.1) is 0 Å². The third-order valence-corrected chi connectivity index (χ3v) is 7.34. The van der Waals surface area contributed by atoms with Crippen molar-refractivity contribution in [3.63, 3.8) is 0 Å². The monoisotopic (exact) mass is 688 g/mol. The number of ether oxygens (including phenoxy) is 2. The van der Waals surface area contributed by atoms with Gasteiger partial charge in [-0.1, -0.05) is 49.9 Å². The number of fused-ring (bicyclic) bond motifs is 3. The van der Waals surface area contributed by atoms with Gasteiger partial charge in [0.2, 0.25) is 0 Å². The Morgan fingerprint density at radius 3 is 1.69 bits per heavy atom. The Hall–Kier alpha value is -5.97. The highest BCUT2D eigenvalue weighted by Crippen LogP contribution is 2.17. The van der Waals surface area contributed by atoms with E-state index in [1.165, 1.54) is 6.08 Å². The van der Waals surface area contributed by atoms with Crippen LogP contribution in [0.3, 0.4) is 0 Å². The van der Waals surface area contributed by atoms with Crippen LogP contribution in [0.5, 0.6) is 0 Å². The molecule has 3 aromatic heterocycles. The number of rotatable bonds is 12. The molecule has 0 saturated heterocycles. The van der Waals surface area contributed by atoms with Gasteiger partial charge in [-0.2, -0.15) is 0 Å². The second kappa shape index (κ2) is 21.2. The van der Waals surface area contributed by atoms with Crippen molar-refractivity contribution in [3.8, 4) is 0 Å². The number of aldehydes is 1. The van der Waals surface area contributed by atoms with Crippen molar-refractivity contribution in [3.05, 3.63) is 114 Å². The van der Waals surface area contributed by atoms with Gasteiger partial charge in [-0.15, -0.1) is 0 Å². The molecule has 0 unspecified atom stereocenters. The molecule has 0 aliphatic carbocycles. The molecule has 0 amide bonds. The lowest BCUT2D eigenvalue weighted by atomic mass is 10.0. The highest BCUT2D eigenvalue weighted by Gasteiger charge is 2.10. The molecule has 0 fully saturated rings. The molecular formula is C40H43BN3O7. The van der Waals surface area contributed by atoms with Crippen molar-refractivity contribution >= 4 is 77.0 Å². The summed E-state index contributed by atoms with van der Waals surface area (Å²) in [6.07, 6.45) is 10.2. The van der Waals surface area contributed by atoms with Gasteiger partial charge in [0, 0.05) is 55.5 Å². The minimum absolute atomic E-state index is 0. The fraction of sp³-hybridized carbons (Fsp3) is 0.225. The van der Waals surface area contributed by atoms with Crippen LogP contribution in [-0.2, 0) is 35.1 Å². The average molecular weight is 689 g/mol. The number of esters is 2. The lowest BCUT2D eigenvalue weighted by molar-refractivity contribution is -0.146. The molecule has 0 saturated carbocycles. The average Bonchev–Trinajstić information content (AvgIpc) is 3.87. The Morgan fingerprint density at radius 1 is 0.647 bits per heavy atom. The van der Waals surface area contributed by atoms with E-state index in [4.69, 9.17) is 9.47 Å². The first-order valence-electron chi connectivity index (χ1n) is 16.0. The molecule has 51 heavy (non-hydrogen) atoms. The van der Waals surface area contributed by atoms with Crippen LogP contribution in [0.1, 0.15) is 62.0 Å². The largest absolute Gasteiger partial charge is 0.466 e. The third-order valence-electron chi connectivity index (χ3n) is 7.34. The summed E-state index contributed by atoms with van der Waals surface area (Å²) in [6.45, 7) is 4.05. The first-order chi connectivity index (χ1) is 23.8. The summed E-state index contributed by atoms with van der Waals surface area (Å²) in [6, 6.07) is 23.4. The van der Waals surface area contributed by atoms with Crippen molar-refractivity contribution < 1.29 is 33.4 Å². The minimum Gasteiger partial charge on any atom is -0.466 e. The molecule has 6 aromatic rings. The highest BCUT2D eigenvalue weighted by atomic mass is 16.5. The van der Waals surface area contributed by atoms with Gasteiger partial charge in [0.05, 0.1) is 13.2 Å². The van der Waals surface area contributed by atoms with E-state index in [-0.39, 0.29) is 40.2 Å². The van der Waals surface area contributed by atoms with Crippen LogP contribution in [0.15, 0.2) is 97.5 Å². The number of aromatic amines is 3. The molecule has 0 aliphatic heterocycles. The van der Waals surface area contributed by atoms with Crippen molar-refractivity contribution in [2.75, 3.05) is 13.2 Å². The van der Waals surface area contributed by atoms with Crippen molar-refractivity contribution in [1.29, 1.82) is 0 Å². The molecule has 263 valence electrons. The van der Waals surface area contributed by atoms with Crippen LogP contribution in [-0.4, -0.2) is 66.4 Å². The number of H-pyrrole nitrogens is 3. The number of hydrogen-bond acceptors (Lipinski definition) is 7. The Morgan fingerprint density at radius 2 is 1.14 bits per heavy atom. The van der Waals surface area contributed by atoms with Gasteiger partial charge >= 0.3 is 11.9 Å². The Labute approximate surface area is 299 Å².